The van der Waals surface area contributed by atoms with E-state index in [0.29, 0.717) is 11.7 Å². The van der Waals surface area contributed by atoms with Gasteiger partial charge in [-0.2, -0.15) is 0 Å². The lowest BCUT2D eigenvalue weighted by Gasteiger charge is -2.19. The summed E-state index contributed by atoms with van der Waals surface area (Å²) in [6, 6.07) is 5.69. The highest BCUT2D eigenvalue weighted by Gasteiger charge is 2.40. The molecule has 1 saturated heterocycles. The maximum atomic E-state index is 12.3. The van der Waals surface area contributed by atoms with Gasteiger partial charge in [0.05, 0.1) is 16.8 Å². The van der Waals surface area contributed by atoms with Crippen molar-refractivity contribution in [1.29, 1.82) is 0 Å². The van der Waals surface area contributed by atoms with Crippen molar-refractivity contribution < 1.29 is 14.3 Å². The second-order valence-corrected chi connectivity index (χ2v) is 6.11. The fourth-order valence-electron chi connectivity index (χ4n) is 2.31. The average molecular weight is 317 g/mol. The number of thiazole rings is 1. The maximum Gasteiger partial charge on any atom is 0.332 e. The van der Waals surface area contributed by atoms with Crippen LogP contribution in [0.2, 0.25) is 0 Å². The number of carbonyl (C=O) groups excluding carboxylic acids is 2. The van der Waals surface area contributed by atoms with E-state index in [2.05, 4.69) is 11.6 Å². The Labute approximate surface area is 131 Å². The van der Waals surface area contributed by atoms with E-state index >= 15 is 0 Å². The van der Waals surface area contributed by atoms with E-state index in [1.54, 1.807) is 7.05 Å². The van der Waals surface area contributed by atoms with E-state index in [1.807, 2.05) is 25.1 Å². The Morgan fingerprint density at radius 2 is 2.32 bits per heavy atom. The Balaban J connectivity index is 1.99. The SMILES string of the molecule is C=CC(=O)OC1CN(C)C(=O)N1c1nc2cc(C)ccc2s1. The van der Waals surface area contributed by atoms with Crippen molar-refractivity contribution in [2.75, 3.05) is 18.5 Å². The molecule has 1 aliphatic rings. The number of aromatic nitrogens is 1. The average Bonchev–Trinajstić information content (AvgIpc) is 3.00. The summed E-state index contributed by atoms with van der Waals surface area (Å²) in [5.74, 6) is -0.560. The van der Waals surface area contributed by atoms with Gasteiger partial charge in [-0.25, -0.2) is 19.5 Å². The van der Waals surface area contributed by atoms with Gasteiger partial charge in [-0.3, -0.25) is 0 Å². The summed E-state index contributed by atoms with van der Waals surface area (Å²) >= 11 is 1.40. The number of hydrogen-bond donors (Lipinski definition) is 0. The predicted octanol–water partition coefficient (Wildman–Crippen LogP) is 2.53. The third-order valence-corrected chi connectivity index (χ3v) is 4.44. The van der Waals surface area contributed by atoms with Crippen LogP contribution in [0.5, 0.6) is 0 Å². The molecule has 1 fully saturated rings. The molecule has 1 aromatic heterocycles. The summed E-state index contributed by atoms with van der Waals surface area (Å²) in [7, 11) is 1.66. The minimum atomic E-state index is -0.690. The molecule has 0 spiro atoms. The summed E-state index contributed by atoms with van der Waals surface area (Å²) in [5.41, 5.74) is 1.93. The second-order valence-electron chi connectivity index (χ2n) is 5.10. The van der Waals surface area contributed by atoms with Gasteiger partial charge in [0.25, 0.3) is 0 Å². The monoisotopic (exact) mass is 317 g/mol. The minimum Gasteiger partial charge on any atom is -0.436 e. The van der Waals surface area contributed by atoms with Crippen LogP contribution in [0.25, 0.3) is 10.2 Å². The number of fused-ring (bicyclic) bond motifs is 1. The topological polar surface area (TPSA) is 62.7 Å². The van der Waals surface area contributed by atoms with E-state index in [9.17, 15) is 9.59 Å². The molecule has 1 aliphatic heterocycles. The van der Waals surface area contributed by atoms with Crippen LogP contribution in [-0.2, 0) is 9.53 Å². The van der Waals surface area contributed by atoms with E-state index in [-0.39, 0.29) is 6.03 Å². The largest absolute Gasteiger partial charge is 0.436 e. The fraction of sp³-hybridized carbons (Fsp3) is 0.267. The Hall–Kier alpha value is -2.41. The molecular formula is C15H15N3O3S. The predicted molar refractivity (Wildman–Crippen MR) is 84.9 cm³/mol. The number of rotatable bonds is 3. The molecule has 2 aromatic rings. The molecule has 2 heterocycles. The lowest BCUT2D eigenvalue weighted by molar-refractivity contribution is -0.142. The quantitative estimate of drug-likeness (QED) is 0.644. The fourth-order valence-corrected chi connectivity index (χ4v) is 3.29. The van der Waals surface area contributed by atoms with Crippen molar-refractivity contribution in [3.8, 4) is 0 Å². The van der Waals surface area contributed by atoms with E-state index in [1.165, 1.54) is 21.1 Å². The van der Waals surface area contributed by atoms with Gasteiger partial charge >= 0.3 is 12.0 Å². The summed E-state index contributed by atoms with van der Waals surface area (Å²) in [5, 5.41) is 0.525. The molecule has 0 saturated carbocycles. The summed E-state index contributed by atoms with van der Waals surface area (Å²) in [6.45, 7) is 5.67. The van der Waals surface area contributed by atoms with Gasteiger partial charge in [0.2, 0.25) is 6.23 Å². The first-order valence-electron chi connectivity index (χ1n) is 6.74. The first-order chi connectivity index (χ1) is 10.5. The number of urea groups is 1. The van der Waals surface area contributed by atoms with E-state index in [4.69, 9.17) is 4.74 Å². The Morgan fingerprint density at radius 1 is 1.55 bits per heavy atom. The highest BCUT2D eigenvalue weighted by Crippen LogP contribution is 2.33. The number of nitrogens with zero attached hydrogens (tertiary/aromatic N) is 3. The van der Waals surface area contributed by atoms with Crippen molar-refractivity contribution in [2.45, 2.75) is 13.2 Å². The molecule has 3 rings (SSSR count). The number of hydrogen-bond acceptors (Lipinski definition) is 5. The Kier molecular flexibility index (Phi) is 3.58. The number of likely N-dealkylation sites (N-methyl/N-ethyl adjacent to an activating group) is 1. The van der Waals surface area contributed by atoms with Crippen LogP contribution in [0.1, 0.15) is 5.56 Å². The van der Waals surface area contributed by atoms with Crippen LogP contribution < -0.4 is 4.90 Å². The van der Waals surface area contributed by atoms with Gasteiger partial charge in [-0.1, -0.05) is 24.0 Å². The number of amides is 2. The zero-order chi connectivity index (χ0) is 15.9. The molecule has 0 N–H and O–H groups in total. The zero-order valence-corrected chi connectivity index (χ0v) is 13.1. The van der Waals surface area contributed by atoms with Gasteiger partial charge in [0.15, 0.2) is 5.13 Å². The maximum absolute atomic E-state index is 12.3. The molecule has 2 amide bonds. The molecule has 114 valence electrons. The summed E-state index contributed by atoms with van der Waals surface area (Å²) in [6.07, 6.45) is 0.396. The van der Waals surface area contributed by atoms with Crippen molar-refractivity contribution in [3.05, 3.63) is 36.4 Å². The molecule has 0 radical (unpaired) electrons. The molecule has 1 atom stereocenters. The van der Waals surface area contributed by atoms with Gasteiger partial charge < -0.3 is 9.64 Å². The number of benzene rings is 1. The standard InChI is InChI=1S/C15H15N3O3S/c1-4-13(19)21-12-8-17(3)15(20)18(12)14-16-10-7-9(2)5-6-11(10)22-14/h4-7,12H,1,8H2,2-3H3. The van der Waals surface area contributed by atoms with Gasteiger partial charge in [-0.05, 0) is 24.6 Å². The van der Waals surface area contributed by atoms with Crippen LogP contribution >= 0.6 is 11.3 Å². The Bertz CT molecular complexity index is 770. The third-order valence-electron chi connectivity index (χ3n) is 3.41. The lowest BCUT2D eigenvalue weighted by Crippen LogP contribution is -2.37. The number of carbonyl (C=O) groups is 2. The van der Waals surface area contributed by atoms with Crippen LogP contribution in [0.3, 0.4) is 0 Å². The normalized spacial score (nSPS) is 18.1. The molecule has 0 bridgehead atoms. The Morgan fingerprint density at radius 3 is 3.05 bits per heavy atom. The number of ether oxygens (including phenoxy) is 1. The summed E-state index contributed by atoms with van der Waals surface area (Å²) < 4.78 is 6.24. The first kappa shape index (κ1) is 14.5. The third kappa shape index (κ3) is 2.43. The molecule has 1 aromatic carbocycles. The molecule has 7 heteroatoms. The molecule has 1 unspecified atom stereocenters. The van der Waals surface area contributed by atoms with Crippen LogP contribution in [-0.4, -0.2) is 41.7 Å². The van der Waals surface area contributed by atoms with Gasteiger partial charge in [0, 0.05) is 13.1 Å². The van der Waals surface area contributed by atoms with Crippen molar-refractivity contribution in [1.82, 2.24) is 9.88 Å². The van der Waals surface area contributed by atoms with Crippen molar-refractivity contribution >= 4 is 38.7 Å². The van der Waals surface area contributed by atoms with Gasteiger partial charge in [-0.15, -0.1) is 0 Å². The first-order valence-corrected chi connectivity index (χ1v) is 7.56. The smallest absolute Gasteiger partial charge is 0.332 e. The molecule has 22 heavy (non-hydrogen) atoms. The molecule has 0 aliphatic carbocycles. The summed E-state index contributed by atoms with van der Waals surface area (Å²) in [4.78, 5) is 31.2. The second kappa shape index (κ2) is 5.42. The minimum absolute atomic E-state index is 0.238. The number of anilines is 1. The van der Waals surface area contributed by atoms with Crippen molar-refractivity contribution in [2.24, 2.45) is 0 Å². The van der Waals surface area contributed by atoms with E-state index < -0.39 is 12.2 Å². The lowest BCUT2D eigenvalue weighted by atomic mass is 10.2. The zero-order valence-electron chi connectivity index (χ0n) is 12.3. The van der Waals surface area contributed by atoms with Gasteiger partial charge in [0.1, 0.15) is 0 Å². The number of esters is 1. The molecular weight excluding hydrogens is 302 g/mol. The van der Waals surface area contributed by atoms with Crippen LogP contribution in [0.15, 0.2) is 30.9 Å². The highest BCUT2D eigenvalue weighted by molar-refractivity contribution is 7.22. The van der Waals surface area contributed by atoms with E-state index in [0.717, 1.165) is 21.9 Å². The molecule has 6 nitrogen and oxygen atoms in total. The number of aryl methyl sites for hydroxylation is 1. The van der Waals surface area contributed by atoms with Crippen molar-refractivity contribution in [3.63, 3.8) is 0 Å². The van der Waals surface area contributed by atoms with Crippen LogP contribution in [0, 0.1) is 6.92 Å². The highest BCUT2D eigenvalue weighted by atomic mass is 32.1. The van der Waals surface area contributed by atoms with Crippen LogP contribution in [0.4, 0.5) is 9.93 Å².